The summed E-state index contributed by atoms with van der Waals surface area (Å²) in [5.74, 6) is 0.305. The highest BCUT2D eigenvalue weighted by Crippen LogP contribution is 2.36. The molecular formula is C36H44N10O6. The highest BCUT2D eigenvalue weighted by molar-refractivity contribution is 5.94. The Morgan fingerprint density at radius 1 is 0.673 bits per heavy atom. The van der Waals surface area contributed by atoms with Crippen LogP contribution in [0.15, 0.2) is 60.9 Å². The van der Waals surface area contributed by atoms with Gasteiger partial charge in [-0.3, -0.25) is 20.2 Å². The van der Waals surface area contributed by atoms with Gasteiger partial charge in [0.2, 0.25) is 11.8 Å². The molecule has 16 nitrogen and oxygen atoms in total. The Hall–Kier alpha value is -5.42. The van der Waals surface area contributed by atoms with E-state index in [0.29, 0.717) is 37.6 Å². The van der Waals surface area contributed by atoms with Crippen molar-refractivity contribution in [1.29, 1.82) is 0 Å². The van der Waals surface area contributed by atoms with E-state index in [4.69, 9.17) is 10.2 Å². The molecule has 0 saturated carbocycles. The van der Waals surface area contributed by atoms with Crippen LogP contribution >= 0.6 is 0 Å². The fourth-order valence-electron chi connectivity index (χ4n) is 7.38. The SMILES string of the molecule is CC[C@@H](C(=O)NC(=O)O)N1[C@H](c2ncc(-c3ccc(-c4ccc(-c5cnc([C@@H]6CCN(C)N6[C@@H](CC)C(=O)NC(=O)O)[nH]5)cc4)cc3)[nH]2)CCN1C. The molecule has 274 valence electrons. The maximum absolute atomic E-state index is 12.7. The van der Waals surface area contributed by atoms with Gasteiger partial charge in [0.25, 0.3) is 0 Å². The molecule has 2 aliphatic heterocycles. The monoisotopic (exact) mass is 712 g/mol. The van der Waals surface area contributed by atoms with Crippen LogP contribution in [0.1, 0.15) is 63.3 Å². The summed E-state index contributed by atoms with van der Waals surface area (Å²) >= 11 is 0. The van der Waals surface area contributed by atoms with Gasteiger partial charge in [0.05, 0.1) is 35.9 Å². The van der Waals surface area contributed by atoms with Crippen LogP contribution in [-0.4, -0.2) is 113 Å². The molecule has 2 fully saturated rings. The summed E-state index contributed by atoms with van der Waals surface area (Å²) in [4.78, 5) is 63.8. The lowest BCUT2D eigenvalue weighted by Crippen LogP contribution is -2.52. The van der Waals surface area contributed by atoms with Crippen LogP contribution in [0, 0.1) is 0 Å². The summed E-state index contributed by atoms with van der Waals surface area (Å²) in [6, 6.07) is 14.6. The molecule has 2 aromatic heterocycles. The zero-order chi connectivity index (χ0) is 37.1. The molecule has 52 heavy (non-hydrogen) atoms. The number of rotatable bonds is 11. The predicted molar refractivity (Wildman–Crippen MR) is 191 cm³/mol. The first kappa shape index (κ1) is 36.4. The predicted octanol–water partition coefficient (Wildman–Crippen LogP) is 4.47. The second kappa shape index (κ2) is 15.4. The number of hydrogen-bond acceptors (Lipinski definition) is 10. The van der Waals surface area contributed by atoms with Gasteiger partial charge >= 0.3 is 12.2 Å². The summed E-state index contributed by atoms with van der Waals surface area (Å²) in [5, 5.41) is 29.9. The minimum absolute atomic E-state index is 0.205. The number of aromatic nitrogens is 4. The number of imidazole rings is 2. The Kier molecular flexibility index (Phi) is 10.8. The molecule has 0 spiro atoms. The smallest absolute Gasteiger partial charge is 0.411 e. The summed E-state index contributed by atoms with van der Waals surface area (Å²) in [6.45, 7) is 5.13. The number of nitrogens with one attached hydrogen (secondary N) is 4. The zero-order valence-corrected chi connectivity index (χ0v) is 29.5. The molecule has 0 radical (unpaired) electrons. The van der Waals surface area contributed by atoms with Gasteiger partial charge in [-0.05, 0) is 47.9 Å². The van der Waals surface area contributed by atoms with E-state index in [-0.39, 0.29) is 12.1 Å². The van der Waals surface area contributed by atoms with Gasteiger partial charge in [-0.1, -0.05) is 62.4 Å². The zero-order valence-electron chi connectivity index (χ0n) is 29.5. The van der Waals surface area contributed by atoms with E-state index in [2.05, 4.69) is 19.9 Å². The fraction of sp³-hybridized carbons (Fsp3) is 0.389. The van der Waals surface area contributed by atoms with Crippen molar-refractivity contribution >= 4 is 24.0 Å². The second-order valence-corrected chi connectivity index (χ2v) is 13.1. The maximum Gasteiger partial charge on any atom is 0.411 e. The van der Waals surface area contributed by atoms with E-state index < -0.39 is 36.1 Å². The second-order valence-electron chi connectivity index (χ2n) is 13.1. The van der Waals surface area contributed by atoms with E-state index in [1.54, 1.807) is 12.4 Å². The molecule has 4 atom stereocenters. The van der Waals surface area contributed by atoms with Crippen LogP contribution in [0.25, 0.3) is 33.6 Å². The molecule has 2 aliphatic rings. The van der Waals surface area contributed by atoms with E-state index in [1.807, 2.05) is 107 Å². The molecule has 0 aliphatic carbocycles. The summed E-state index contributed by atoms with van der Waals surface area (Å²) < 4.78 is 0. The first-order chi connectivity index (χ1) is 25.0. The number of carboxylic acid groups (broad SMARTS) is 2. The topological polar surface area (TPSA) is 203 Å². The third-order valence-corrected chi connectivity index (χ3v) is 9.90. The highest BCUT2D eigenvalue weighted by atomic mass is 16.4. The van der Waals surface area contributed by atoms with Crippen molar-refractivity contribution in [1.82, 2.24) is 50.6 Å². The molecule has 6 N–H and O–H groups in total. The molecule has 2 saturated heterocycles. The first-order valence-electron chi connectivity index (χ1n) is 17.4. The number of carbonyl (C=O) groups excluding carboxylic acids is 2. The van der Waals surface area contributed by atoms with E-state index in [0.717, 1.165) is 46.5 Å². The molecule has 0 unspecified atom stereocenters. The van der Waals surface area contributed by atoms with Crippen LogP contribution in [0.4, 0.5) is 9.59 Å². The van der Waals surface area contributed by atoms with E-state index in [9.17, 15) is 19.2 Å². The lowest BCUT2D eigenvalue weighted by Gasteiger charge is -2.34. The number of hydrazine groups is 2. The lowest BCUT2D eigenvalue weighted by atomic mass is 10.0. The lowest BCUT2D eigenvalue weighted by molar-refractivity contribution is -0.134. The average Bonchev–Trinajstić information content (AvgIpc) is 3.93. The molecule has 4 amide bonds. The van der Waals surface area contributed by atoms with Crippen LogP contribution in [0.5, 0.6) is 0 Å². The van der Waals surface area contributed by atoms with Gasteiger partial charge in [-0.25, -0.2) is 39.6 Å². The number of carbonyl (C=O) groups is 4. The Balaban J connectivity index is 1.13. The maximum atomic E-state index is 12.7. The highest BCUT2D eigenvalue weighted by Gasteiger charge is 2.41. The Morgan fingerprint density at radius 3 is 1.35 bits per heavy atom. The van der Waals surface area contributed by atoms with Crippen molar-refractivity contribution < 1.29 is 29.4 Å². The van der Waals surface area contributed by atoms with Crippen molar-refractivity contribution in [2.45, 2.75) is 63.7 Å². The largest absolute Gasteiger partial charge is 0.465 e. The van der Waals surface area contributed by atoms with Gasteiger partial charge in [0.15, 0.2) is 0 Å². The minimum atomic E-state index is -1.37. The minimum Gasteiger partial charge on any atom is -0.465 e. The van der Waals surface area contributed by atoms with Gasteiger partial charge in [0.1, 0.15) is 23.7 Å². The molecule has 0 bridgehead atoms. The summed E-state index contributed by atoms with van der Waals surface area (Å²) in [5.41, 5.74) is 5.65. The first-order valence-corrected chi connectivity index (χ1v) is 17.4. The molecule has 4 heterocycles. The van der Waals surface area contributed by atoms with Crippen molar-refractivity contribution in [3.8, 4) is 33.6 Å². The van der Waals surface area contributed by atoms with Crippen LogP contribution < -0.4 is 10.6 Å². The Morgan fingerprint density at radius 2 is 1.02 bits per heavy atom. The average molecular weight is 713 g/mol. The van der Waals surface area contributed by atoms with Gasteiger partial charge in [-0.15, -0.1) is 0 Å². The fourth-order valence-corrected chi connectivity index (χ4v) is 7.38. The number of nitrogens with zero attached hydrogens (tertiary/aromatic N) is 6. The third kappa shape index (κ3) is 7.45. The quantitative estimate of drug-likeness (QED) is 0.128. The van der Waals surface area contributed by atoms with Crippen LogP contribution in [-0.2, 0) is 9.59 Å². The number of aromatic amines is 2. The van der Waals surface area contributed by atoms with Gasteiger partial charge in [0, 0.05) is 27.2 Å². The Bertz CT molecular complexity index is 1770. The third-order valence-electron chi connectivity index (χ3n) is 9.90. The Labute approximate surface area is 300 Å². The van der Waals surface area contributed by atoms with Gasteiger partial charge < -0.3 is 20.2 Å². The van der Waals surface area contributed by atoms with Crippen molar-refractivity contribution in [2.24, 2.45) is 0 Å². The van der Waals surface area contributed by atoms with Crippen LogP contribution in [0.2, 0.25) is 0 Å². The van der Waals surface area contributed by atoms with E-state index >= 15 is 0 Å². The number of benzene rings is 2. The molecule has 16 heteroatoms. The van der Waals surface area contributed by atoms with Gasteiger partial charge in [-0.2, -0.15) is 0 Å². The van der Waals surface area contributed by atoms with Crippen molar-refractivity contribution in [3.63, 3.8) is 0 Å². The number of amides is 4. The standard InChI is InChI=1S/C36H44N10O6/c1-5-27(33(47)41-35(49)50)45-29(15-17-43(45)3)31-37-19-25(39-31)23-11-7-21(8-12-23)22-9-13-24(14-10-22)26-20-38-32(40-26)30-16-18-44(4)46(30)28(6-2)34(48)42-36(51)52/h7-14,19-20,27-30H,5-6,15-18H2,1-4H3,(H,37,39)(H,38,40)(H,41,47)(H,42,48)(H,49,50)(H,51,52)/t27-,28-,29-,30-/m0/s1. The molecule has 2 aromatic carbocycles. The number of hydrogen-bond donors (Lipinski definition) is 6. The normalized spacial score (nSPS) is 19.8. The van der Waals surface area contributed by atoms with E-state index in [1.165, 1.54) is 0 Å². The number of H-pyrrole nitrogens is 2. The molecule has 4 aromatic rings. The summed E-state index contributed by atoms with van der Waals surface area (Å²) in [6.07, 6.45) is 3.17. The molecule has 6 rings (SSSR count). The molecular weight excluding hydrogens is 668 g/mol. The van der Waals surface area contributed by atoms with Crippen molar-refractivity contribution in [2.75, 3.05) is 27.2 Å². The number of imide groups is 2. The van der Waals surface area contributed by atoms with Crippen molar-refractivity contribution in [3.05, 3.63) is 72.6 Å². The van der Waals surface area contributed by atoms with Crippen LogP contribution in [0.3, 0.4) is 0 Å². The summed E-state index contributed by atoms with van der Waals surface area (Å²) in [7, 11) is 3.78.